The number of rotatable bonds is 3. The summed E-state index contributed by atoms with van der Waals surface area (Å²) in [6.45, 7) is 2.25. The first-order chi connectivity index (χ1) is 7.65. The second-order valence-electron chi connectivity index (χ2n) is 4.49. The van der Waals surface area contributed by atoms with E-state index >= 15 is 0 Å². The molecule has 1 fully saturated rings. The molecule has 1 aliphatic rings. The highest BCUT2D eigenvalue weighted by Crippen LogP contribution is 2.27. The predicted octanol–water partition coefficient (Wildman–Crippen LogP) is 2.38. The number of carboxylic acid groups (broad SMARTS) is 1. The first-order valence-electron chi connectivity index (χ1n) is 5.61. The molecule has 0 bridgehead atoms. The van der Waals surface area contributed by atoms with Crippen molar-refractivity contribution in [1.82, 2.24) is 4.98 Å². The lowest BCUT2D eigenvalue weighted by molar-refractivity contribution is 0.0690. The van der Waals surface area contributed by atoms with E-state index in [4.69, 9.17) is 5.11 Å². The summed E-state index contributed by atoms with van der Waals surface area (Å²) in [5.74, 6) is -0.221. The van der Waals surface area contributed by atoms with Crippen LogP contribution in [0, 0.1) is 5.92 Å². The highest BCUT2D eigenvalue weighted by atomic mass is 16.4. The Morgan fingerprint density at radius 1 is 1.56 bits per heavy atom. The molecule has 0 spiro atoms. The average Bonchev–Trinajstić information content (AvgIpc) is 2.64. The number of aromatic carboxylic acids is 1. The summed E-state index contributed by atoms with van der Waals surface area (Å²) in [6.07, 6.45) is 5.09. The van der Waals surface area contributed by atoms with Crippen LogP contribution in [0.3, 0.4) is 0 Å². The Bertz CT molecular complexity index is 392. The minimum absolute atomic E-state index is 0.0936. The third kappa shape index (κ3) is 2.51. The highest BCUT2D eigenvalue weighted by molar-refractivity contribution is 5.86. The molecule has 1 heterocycles. The van der Waals surface area contributed by atoms with Gasteiger partial charge >= 0.3 is 5.97 Å². The molecule has 1 saturated carbocycles. The van der Waals surface area contributed by atoms with Gasteiger partial charge in [0, 0.05) is 17.9 Å². The van der Waals surface area contributed by atoms with Crippen LogP contribution in [0.5, 0.6) is 0 Å². The van der Waals surface area contributed by atoms with Crippen LogP contribution >= 0.6 is 0 Å². The molecule has 2 N–H and O–H groups in total. The number of hydrogen-bond acceptors (Lipinski definition) is 3. The summed E-state index contributed by atoms with van der Waals surface area (Å²) in [5.41, 5.74) is 0.947. The number of pyridine rings is 1. The summed E-state index contributed by atoms with van der Waals surface area (Å²) in [7, 11) is 0. The number of hydrogen-bond donors (Lipinski definition) is 2. The molecule has 4 heteroatoms. The SMILES string of the molecule is CC1CCC(Nc2ccnc(C(=O)O)c2)C1. The Morgan fingerprint density at radius 3 is 3.00 bits per heavy atom. The average molecular weight is 220 g/mol. The molecule has 1 aromatic rings. The van der Waals surface area contributed by atoms with Crippen molar-refractivity contribution in [2.24, 2.45) is 5.92 Å². The monoisotopic (exact) mass is 220 g/mol. The summed E-state index contributed by atoms with van der Waals surface area (Å²) in [4.78, 5) is 14.5. The minimum atomic E-state index is -0.983. The first kappa shape index (κ1) is 10.9. The van der Waals surface area contributed by atoms with Crippen molar-refractivity contribution < 1.29 is 9.90 Å². The quantitative estimate of drug-likeness (QED) is 0.821. The maximum Gasteiger partial charge on any atom is 0.354 e. The molecule has 86 valence electrons. The molecule has 0 aromatic carbocycles. The number of anilines is 1. The van der Waals surface area contributed by atoms with Gasteiger partial charge < -0.3 is 10.4 Å². The Hall–Kier alpha value is -1.58. The van der Waals surface area contributed by atoms with E-state index in [1.807, 2.05) is 6.07 Å². The summed E-state index contributed by atoms with van der Waals surface area (Å²) in [6, 6.07) is 3.87. The van der Waals surface area contributed by atoms with Crippen LogP contribution in [-0.4, -0.2) is 22.1 Å². The lowest BCUT2D eigenvalue weighted by Crippen LogP contribution is -2.15. The Labute approximate surface area is 94.7 Å². The molecule has 1 aromatic heterocycles. The van der Waals surface area contributed by atoms with Gasteiger partial charge in [0.15, 0.2) is 0 Å². The van der Waals surface area contributed by atoms with E-state index < -0.39 is 5.97 Å². The van der Waals surface area contributed by atoms with Crippen molar-refractivity contribution in [2.75, 3.05) is 5.32 Å². The fraction of sp³-hybridized carbons (Fsp3) is 0.500. The topological polar surface area (TPSA) is 62.2 Å². The Morgan fingerprint density at radius 2 is 2.38 bits per heavy atom. The van der Waals surface area contributed by atoms with Gasteiger partial charge in [-0.1, -0.05) is 6.92 Å². The second-order valence-corrected chi connectivity index (χ2v) is 4.49. The normalized spacial score (nSPS) is 24.3. The van der Waals surface area contributed by atoms with E-state index in [0.29, 0.717) is 6.04 Å². The van der Waals surface area contributed by atoms with Crippen LogP contribution in [0.1, 0.15) is 36.7 Å². The molecular weight excluding hydrogens is 204 g/mol. The van der Waals surface area contributed by atoms with Crippen molar-refractivity contribution >= 4 is 11.7 Å². The lowest BCUT2D eigenvalue weighted by Gasteiger charge is -2.13. The number of carbonyl (C=O) groups is 1. The molecule has 2 atom stereocenters. The number of carboxylic acids is 1. The second kappa shape index (κ2) is 4.51. The van der Waals surface area contributed by atoms with Gasteiger partial charge in [0.25, 0.3) is 0 Å². The van der Waals surface area contributed by atoms with E-state index in [0.717, 1.165) is 24.4 Å². The van der Waals surface area contributed by atoms with Gasteiger partial charge in [-0.3, -0.25) is 0 Å². The molecule has 0 aliphatic heterocycles. The van der Waals surface area contributed by atoms with E-state index in [2.05, 4.69) is 17.2 Å². The molecule has 1 aliphatic carbocycles. The fourth-order valence-corrected chi connectivity index (χ4v) is 2.21. The smallest absolute Gasteiger partial charge is 0.354 e. The summed E-state index contributed by atoms with van der Waals surface area (Å²) in [5, 5.41) is 12.2. The number of nitrogens with one attached hydrogen (secondary N) is 1. The van der Waals surface area contributed by atoms with Crippen LogP contribution in [-0.2, 0) is 0 Å². The van der Waals surface area contributed by atoms with E-state index in [-0.39, 0.29) is 5.69 Å². The van der Waals surface area contributed by atoms with Gasteiger partial charge in [0.1, 0.15) is 5.69 Å². The zero-order valence-corrected chi connectivity index (χ0v) is 9.31. The summed E-state index contributed by atoms with van der Waals surface area (Å²) < 4.78 is 0. The van der Waals surface area contributed by atoms with Crippen LogP contribution in [0.25, 0.3) is 0 Å². The fourth-order valence-electron chi connectivity index (χ4n) is 2.21. The van der Waals surface area contributed by atoms with Gasteiger partial charge in [-0.25, -0.2) is 9.78 Å². The predicted molar refractivity (Wildman–Crippen MR) is 61.6 cm³/mol. The largest absolute Gasteiger partial charge is 0.477 e. The van der Waals surface area contributed by atoms with Gasteiger partial charge in [0.2, 0.25) is 0 Å². The van der Waals surface area contributed by atoms with Crippen molar-refractivity contribution in [3.05, 3.63) is 24.0 Å². The number of aromatic nitrogens is 1. The van der Waals surface area contributed by atoms with Gasteiger partial charge in [-0.2, -0.15) is 0 Å². The standard InChI is InChI=1S/C12H16N2O2/c1-8-2-3-9(6-8)14-10-4-5-13-11(7-10)12(15)16/h4-5,7-9H,2-3,6H2,1H3,(H,13,14)(H,15,16). The molecule has 2 rings (SSSR count). The maximum atomic E-state index is 10.8. The van der Waals surface area contributed by atoms with Crippen LogP contribution in [0.4, 0.5) is 5.69 Å². The molecule has 16 heavy (non-hydrogen) atoms. The van der Waals surface area contributed by atoms with Crippen LogP contribution in [0.2, 0.25) is 0 Å². The third-order valence-corrected chi connectivity index (χ3v) is 3.04. The van der Waals surface area contributed by atoms with E-state index in [1.54, 1.807) is 6.07 Å². The Kier molecular flexibility index (Phi) is 3.08. The zero-order chi connectivity index (χ0) is 11.5. The molecule has 0 radical (unpaired) electrons. The van der Waals surface area contributed by atoms with Crippen molar-refractivity contribution in [3.63, 3.8) is 0 Å². The molecule has 4 nitrogen and oxygen atoms in total. The molecule has 2 unspecified atom stereocenters. The van der Waals surface area contributed by atoms with Crippen LogP contribution < -0.4 is 5.32 Å². The lowest BCUT2D eigenvalue weighted by atomic mass is 10.1. The zero-order valence-electron chi connectivity index (χ0n) is 9.31. The maximum absolute atomic E-state index is 10.8. The molecular formula is C12H16N2O2. The van der Waals surface area contributed by atoms with Crippen LogP contribution in [0.15, 0.2) is 18.3 Å². The highest BCUT2D eigenvalue weighted by Gasteiger charge is 2.21. The minimum Gasteiger partial charge on any atom is -0.477 e. The van der Waals surface area contributed by atoms with Gasteiger partial charge in [-0.05, 0) is 37.3 Å². The van der Waals surface area contributed by atoms with Crippen molar-refractivity contribution in [1.29, 1.82) is 0 Å². The molecule has 0 saturated heterocycles. The van der Waals surface area contributed by atoms with Gasteiger partial charge in [-0.15, -0.1) is 0 Å². The third-order valence-electron chi connectivity index (χ3n) is 3.04. The summed E-state index contributed by atoms with van der Waals surface area (Å²) >= 11 is 0. The number of nitrogens with zero attached hydrogens (tertiary/aromatic N) is 1. The van der Waals surface area contributed by atoms with Crippen molar-refractivity contribution in [3.8, 4) is 0 Å². The van der Waals surface area contributed by atoms with E-state index in [1.165, 1.54) is 12.6 Å². The first-order valence-corrected chi connectivity index (χ1v) is 5.61. The molecule has 0 amide bonds. The van der Waals surface area contributed by atoms with Gasteiger partial charge in [0.05, 0.1) is 0 Å². The van der Waals surface area contributed by atoms with Crippen molar-refractivity contribution in [2.45, 2.75) is 32.2 Å². The van der Waals surface area contributed by atoms with E-state index in [9.17, 15) is 4.79 Å². The Balaban J connectivity index is 2.04.